The van der Waals surface area contributed by atoms with Crippen molar-refractivity contribution in [1.82, 2.24) is 44.7 Å². The Kier molecular flexibility index (Phi) is 4.34. The van der Waals surface area contributed by atoms with Crippen LogP contribution in [0, 0.1) is 13.8 Å². The maximum absolute atomic E-state index is 12.9. The Hall–Kier alpha value is -3.89. The number of aryl methyl sites for hydroxylation is 2. The number of carbonyl (C=O) groups is 1. The molecule has 3 aromatic heterocycles. The Morgan fingerprint density at radius 3 is 2.53 bits per heavy atom. The number of amides is 1. The van der Waals surface area contributed by atoms with Gasteiger partial charge >= 0.3 is 0 Å². The molecule has 11 nitrogen and oxygen atoms in total. The molecule has 1 aromatic carbocycles. The average molecular weight is 404 g/mol. The van der Waals surface area contributed by atoms with Crippen LogP contribution in [0.5, 0.6) is 0 Å². The zero-order valence-corrected chi connectivity index (χ0v) is 16.7. The van der Waals surface area contributed by atoms with Crippen LogP contribution >= 0.6 is 0 Å². The van der Waals surface area contributed by atoms with E-state index >= 15 is 0 Å². The van der Waals surface area contributed by atoms with Gasteiger partial charge < -0.3 is 9.80 Å². The first-order valence-corrected chi connectivity index (χ1v) is 9.69. The summed E-state index contributed by atoms with van der Waals surface area (Å²) in [6, 6.07) is 11.6. The molecule has 0 saturated carbocycles. The average Bonchev–Trinajstić information content (AvgIpc) is 3.41. The number of anilines is 1. The minimum atomic E-state index is -0.195. The quantitative estimate of drug-likeness (QED) is 0.490. The van der Waals surface area contributed by atoms with Crippen molar-refractivity contribution in [3.63, 3.8) is 0 Å². The molecule has 1 amide bonds. The highest BCUT2D eigenvalue weighted by Gasteiger charge is 2.28. The maximum Gasteiger partial charge on any atom is 0.293 e. The van der Waals surface area contributed by atoms with E-state index in [2.05, 4.69) is 35.5 Å². The number of rotatable bonds is 3. The third-order valence-corrected chi connectivity index (χ3v) is 5.11. The minimum Gasteiger partial charge on any atom is -0.336 e. The van der Waals surface area contributed by atoms with Gasteiger partial charge in [0.1, 0.15) is 0 Å². The van der Waals surface area contributed by atoms with Crippen molar-refractivity contribution in [2.75, 3.05) is 31.1 Å². The van der Waals surface area contributed by atoms with Crippen molar-refractivity contribution in [2.45, 2.75) is 13.8 Å². The van der Waals surface area contributed by atoms with Gasteiger partial charge in [-0.25, -0.2) is 9.50 Å². The number of benzene rings is 1. The van der Waals surface area contributed by atoms with Gasteiger partial charge in [0.2, 0.25) is 11.8 Å². The van der Waals surface area contributed by atoms with Crippen molar-refractivity contribution in [3.05, 3.63) is 53.6 Å². The van der Waals surface area contributed by atoms with Crippen LogP contribution in [-0.4, -0.2) is 76.8 Å². The van der Waals surface area contributed by atoms with Gasteiger partial charge in [0.25, 0.3) is 11.7 Å². The first kappa shape index (κ1) is 18.2. The zero-order chi connectivity index (χ0) is 20.7. The molecular formula is C19H20N10O. The second-order valence-corrected chi connectivity index (χ2v) is 7.19. The fourth-order valence-electron chi connectivity index (χ4n) is 3.62. The summed E-state index contributed by atoms with van der Waals surface area (Å²) in [7, 11) is 0. The van der Waals surface area contributed by atoms with Gasteiger partial charge in [-0.1, -0.05) is 23.3 Å². The number of tetrazole rings is 1. The van der Waals surface area contributed by atoms with E-state index in [1.165, 1.54) is 0 Å². The lowest BCUT2D eigenvalue weighted by molar-refractivity contribution is 0.0734. The Bertz CT molecular complexity index is 1210. The fraction of sp³-hybridized carbons (Fsp3) is 0.316. The number of para-hydroxylation sites is 1. The minimum absolute atomic E-state index is 0.166. The molecule has 1 saturated heterocycles. The van der Waals surface area contributed by atoms with Gasteiger partial charge in [0, 0.05) is 37.6 Å². The summed E-state index contributed by atoms with van der Waals surface area (Å²) in [6.45, 7) is 6.10. The van der Waals surface area contributed by atoms with Crippen LogP contribution in [0.3, 0.4) is 0 Å². The predicted octanol–water partition coefficient (Wildman–Crippen LogP) is 0.679. The lowest BCUT2D eigenvalue weighted by Gasteiger charge is -2.34. The Morgan fingerprint density at radius 2 is 1.77 bits per heavy atom. The van der Waals surface area contributed by atoms with E-state index in [1.54, 1.807) is 14.1 Å². The monoisotopic (exact) mass is 404 g/mol. The van der Waals surface area contributed by atoms with Gasteiger partial charge in [0.05, 0.1) is 5.69 Å². The molecule has 30 heavy (non-hydrogen) atoms. The molecule has 0 N–H and O–H groups in total. The van der Waals surface area contributed by atoms with Crippen LogP contribution < -0.4 is 4.90 Å². The predicted molar refractivity (Wildman–Crippen MR) is 108 cm³/mol. The molecule has 0 radical (unpaired) electrons. The third-order valence-electron chi connectivity index (χ3n) is 5.11. The van der Waals surface area contributed by atoms with Crippen LogP contribution in [-0.2, 0) is 0 Å². The van der Waals surface area contributed by atoms with Crippen molar-refractivity contribution in [2.24, 2.45) is 0 Å². The Balaban J connectivity index is 1.32. The molecule has 0 spiro atoms. The van der Waals surface area contributed by atoms with Crippen LogP contribution in [0.1, 0.15) is 22.0 Å². The Morgan fingerprint density at radius 1 is 1.00 bits per heavy atom. The summed E-state index contributed by atoms with van der Waals surface area (Å²) >= 11 is 0. The molecule has 4 aromatic rings. The van der Waals surface area contributed by atoms with Crippen LogP contribution in [0.4, 0.5) is 5.95 Å². The number of fused-ring (bicyclic) bond motifs is 1. The van der Waals surface area contributed by atoms with Crippen molar-refractivity contribution in [3.8, 4) is 5.69 Å². The summed E-state index contributed by atoms with van der Waals surface area (Å²) in [5, 5.41) is 16.5. The molecule has 1 aliphatic heterocycles. The third kappa shape index (κ3) is 3.13. The molecule has 152 valence electrons. The summed E-state index contributed by atoms with van der Waals surface area (Å²) in [4.78, 5) is 25.5. The zero-order valence-electron chi connectivity index (χ0n) is 16.7. The lowest BCUT2D eigenvalue weighted by Crippen LogP contribution is -2.49. The molecule has 5 rings (SSSR count). The van der Waals surface area contributed by atoms with E-state index < -0.39 is 0 Å². The van der Waals surface area contributed by atoms with Crippen molar-refractivity contribution < 1.29 is 4.79 Å². The van der Waals surface area contributed by atoms with Gasteiger partial charge in [-0.05, 0) is 42.5 Å². The van der Waals surface area contributed by atoms with Gasteiger partial charge in [-0.15, -0.1) is 5.10 Å². The number of nitrogens with zero attached hydrogens (tertiary/aromatic N) is 10. The second kappa shape index (κ2) is 7.17. The molecular weight excluding hydrogens is 384 g/mol. The van der Waals surface area contributed by atoms with Gasteiger partial charge in [-0.3, -0.25) is 4.79 Å². The number of hydrogen-bond donors (Lipinski definition) is 0. The molecule has 4 heterocycles. The first-order chi connectivity index (χ1) is 14.6. The smallest absolute Gasteiger partial charge is 0.293 e. The largest absolute Gasteiger partial charge is 0.336 e. The number of carbonyl (C=O) groups excluding carboxylic acids is 1. The van der Waals surface area contributed by atoms with E-state index in [1.807, 2.05) is 50.2 Å². The lowest BCUT2D eigenvalue weighted by atomic mass is 10.3. The standard InChI is InChI=1S/C19H20N10O/c1-13-12-14(2)28-18(20-13)21-16(23-28)17(30)26-8-10-27(11-9-26)19-22-24-25-29(19)15-6-4-3-5-7-15/h3-7,12H,8-11H2,1-2H3. The topological polar surface area (TPSA) is 110 Å². The van der Waals surface area contributed by atoms with Crippen molar-refractivity contribution in [1.29, 1.82) is 0 Å². The van der Waals surface area contributed by atoms with E-state index in [9.17, 15) is 4.79 Å². The SMILES string of the molecule is Cc1cc(C)n2nc(C(=O)N3CCN(c4nnnn4-c4ccccc4)CC3)nc2n1. The highest BCUT2D eigenvalue weighted by atomic mass is 16.2. The summed E-state index contributed by atoms with van der Waals surface area (Å²) in [5.41, 5.74) is 2.63. The van der Waals surface area contributed by atoms with E-state index in [4.69, 9.17) is 0 Å². The maximum atomic E-state index is 12.9. The molecule has 1 fully saturated rings. The van der Waals surface area contributed by atoms with Crippen molar-refractivity contribution >= 4 is 17.6 Å². The molecule has 0 atom stereocenters. The number of piperazine rings is 1. The van der Waals surface area contributed by atoms with E-state index in [0.29, 0.717) is 37.9 Å². The van der Waals surface area contributed by atoms with Gasteiger partial charge in [0.15, 0.2) is 0 Å². The highest BCUT2D eigenvalue weighted by Crippen LogP contribution is 2.17. The van der Waals surface area contributed by atoms with E-state index in [0.717, 1.165) is 17.1 Å². The van der Waals surface area contributed by atoms with Crippen LogP contribution in [0.2, 0.25) is 0 Å². The van der Waals surface area contributed by atoms with Gasteiger partial charge in [-0.2, -0.15) is 9.67 Å². The number of hydrogen-bond acceptors (Lipinski definition) is 8. The Labute approximate surface area is 172 Å². The summed E-state index contributed by atoms with van der Waals surface area (Å²) in [5.74, 6) is 1.07. The van der Waals surface area contributed by atoms with Crippen LogP contribution in [0.15, 0.2) is 36.4 Å². The normalized spacial score (nSPS) is 14.5. The van der Waals surface area contributed by atoms with Crippen LogP contribution in [0.25, 0.3) is 11.5 Å². The first-order valence-electron chi connectivity index (χ1n) is 9.69. The number of aromatic nitrogens is 8. The summed E-state index contributed by atoms with van der Waals surface area (Å²) < 4.78 is 3.31. The molecule has 11 heteroatoms. The molecule has 1 aliphatic rings. The van der Waals surface area contributed by atoms with E-state index in [-0.39, 0.29) is 11.7 Å². The highest BCUT2D eigenvalue weighted by molar-refractivity contribution is 5.91. The molecule has 0 unspecified atom stereocenters. The molecule has 0 bridgehead atoms. The molecule has 0 aliphatic carbocycles. The summed E-state index contributed by atoms with van der Waals surface area (Å²) in [6.07, 6.45) is 0. The second-order valence-electron chi connectivity index (χ2n) is 7.19. The fourth-order valence-corrected chi connectivity index (χ4v) is 3.62.